The van der Waals surface area contributed by atoms with Gasteiger partial charge in [-0.1, -0.05) is 20.8 Å². The maximum atomic E-state index is 11.5. The monoisotopic (exact) mass is 376 g/mol. The zero-order valence-corrected chi connectivity index (χ0v) is 17.6. The number of hydrogen-bond acceptors (Lipinski definition) is 3. The lowest BCUT2D eigenvalue weighted by Gasteiger charge is -2.62. The number of rotatable bonds is 4. The Kier molecular flexibility index (Phi) is 5.25. The molecule has 10 atom stereocenters. The van der Waals surface area contributed by atoms with Crippen molar-refractivity contribution in [3.8, 4) is 0 Å². The summed E-state index contributed by atoms with van der Waals surface area (Å²) in [5.74, 6) is 3.73. The van der Waals surface area contributed by atoms with Gasteiger partial charge in [0.1, 0.15) is 6.29 Å². The van der Waals surface area contributed by atoms with Gasteiger partial charge in [0.25, 0.3) is 0 Å². The zero-order valence-electron chi connectivity index (χ0n) is 17.6. The molecule has 0 radical (unpaired) electrons. The predicted octanol–water partition coefficient (Wildman–Crippen LogP) is 4.59. The van der Waals surface area contributed by atoms with Crippen molar-refractivity contribution in [3.05, 3.63) is 0 Å². The molecule has 0 aromatic heterocycles. The van der Waals surface area contributed by atoms with Gasteiger partial charge in [0.2, 0.25) is 0 Å². The van der Waals surface area contributed by atoms with Gasteiger partial charge >= 0.3 is 0 Å². The fourth-order valence-electron chi connectivity index (χ4n) is 8.69. The Morgan fingerprint density at radius 1 is 1.04 bits per heavy atom. The molecular weight excluding hydrogens is 336 g/mol. The number of aliphatic hydroxyl groups excluding tert-OH is 2. The van der Waals surface area contributed by atoms with Crippen molar-refractivity contribution in [2.75, 3.05) is 0 Å². The summed E-state index contributed by atoms with van der Waals surface area (Å²) in [5.41, 5.74) is 0.340. The first-order valence-corrected chi connectivity index (χ1v) is 11.6. The molecule has 4 aliphatic rings. The molecule has 4 rings (SSSR count). The summed E-state index contributed by atoms with van der Waals surface area (Å²) < 4.78 is 0. The first kappa shape index (κ1) is 19.9. The molecule has 3 nitrogen and oxygen atoms in total. The molecule has 2 N–H and O–H groups in total. The molecule has 0 saturated heterocycles. The fourth-order valence-corrected chi connectivity index (χ4v) is 8.69. The minimum atomic E-state index is -0.211. The molecular formula is C24H40O3. The number of aldehydes is 1. The molecule has 4 fully saturated rings. The second kappa shape index (κ2) is 7.13. The highest BCUT2D eigenvalue weighted by Gasteiger charge is 2.63. The fraction of sp³-hybridized carbons (Fsp3) is 0.958. The van der Waals surface area contributed by atoms with E-state index in [1.165, 1.54) is 25.7 Å². The van der Waals surface area contributed by atoms with Crippen LogP contribution in [0.15, 0.2) is 0 Å². The summed E-state index contributed by atoms with van der Waals surface area (Å²) >= 11 is 0. The van der Waals surface area contributed by atoms with Crippen molar-refractivity contribution < 1.29 is 15.0 Å². The van der Waals surface area contributed by atoms with Crippen LogP contribution in [0.5, 0.6) is 0 Å². The van der Waals surface area contributed by atoms with Crippen LogP contribution in [0.4, 0.5) is 0 Å². The molecule has 0 aliphatic heterocycles. The summed E-state index contributed by atoms with van der Waals surface area (Å²) in [5, 5.41) is 21.7. The zero-order chi connectivity index (χ0) is 19.4. The SMILES string of the molecule is C[C@H](CCC=O)[C@H]1CC[C@H]2[C@@H]3CC[C@@H]4C[C@H](O)CC[C@]4(C)[C@H]3C[C@H](O)[C@]12C. The average Bonchev–Trinajstić information content (AvgIpc) is 3.00. The van der Waals surface area contributed by atoms with Crippen LogP contribution < -0.4 is 0 Å². The topological polar surface area (TPSA) is 57.5 Å². The van der Waals surface area contributed by atoms with E-state index < -0.39 is 0 Å². The molecule has 0 aromatic rings. The van der Waals surface area contributed by atoms with E-state index in [0.29, 0.717) is 41.4 Å². The third kappa shape index (κ3) is 2.94. The normalized spacial score (nSPS) is 53.1. The van der Waals surface area contributed by atoms with Gasteiger partial charge < -0.3 is 15.0 Å². The highest BCUT2D eigenvalue weighted by Crippen LogP contribution is 2.68. The van der Waals surface area contributed by atoms with Gasteiger partial charge in [-0.05, 0) is 104 Å². The minimum Gasteiger partial charge on any atom is -0.393 e. The Morgan fingerprint density at radius 3 is 2.56 bits per heavy atom. The maximum Gasteiger partial charge on any atom is 0.120 e. The molecule has 0 heterocycles. The van der Waals surface area contributed by atoms with Crippen LogP contribution in [0.2, 0.25) is 0 Å². The van der Waals surface area contributed by atoms with Gasteiger partial charge in [0.15, 0.2) is 0 Å². The lowest BCUT2D eigenvalue weighted by atomic mass is 9.43. The summed E-state index contributed by atoms with van der Waals surface area (Å²) in [6, 6.07) is 0. The summed E-state index contributed by atoms with van der Waals surface area (Å²) in [6.07, 6.45) is 11.4. The van der Waals surface area contributed by atoms with Crippen LogP contribution in [0, 0.1) is 46.3 Å². The lowest BCUT2D eigenvalue weighted by Crippen LogP contribution is -2.58. The molecule has 154 valence electrons. The largest absolute Gasteiger partial charge is 0.393 e. The Bertz CT molecular complexity index is 562. The number of carbonyl (C=O) groups excluding carboxylic acids is 1. The van der Waals surface area contributed by atoms with E-state index in [1.54, 1.807) is 0 Å². The predicted molar refractivity (Wildman–Crippen MR) is 107 cm³/mol. The van der Waals surface area contributed by atoms with Crippen molar-refractivity contribution in [1.82, 2.24) is 0 Å². The van der Waals surface area contributed by atoms with Crippen molar-refractivity contribution in [1.29, 1.82) is 0 Å². The van der Waals surface area contributed by atoms with Crippen LogP contribution in [0.1, 0.15) is 85.0 Å². The maximum absolute atomic E-state index is 11.5. The molecule has 0 unspecified atom stereocenters. The van der Waals surface area contributed by atoms with E-state index in [-0.39, 0.29) is 17.6 Å². The van der Waals surface area contributed by atoms with Crippen molar-refractivity contribution in [2.24, 2.45) is 46.3 Å². The van der Waals surface area contributed by atoms with Crippen molar-refractivity contribution >= 4 is 6.29 Å². The van der Waals surface area contributed by atoms with Gasteiger partial charge in [0.05, 0.1) is 12.2 Å². The molecule has 3 heteroatoms. The van der Waals surface area contributed by atoms with E-state index >= 15 is 0 Å². The Balaban J connectivity index is 1.58. The van der Waals surface area contributed by atoms with Crippen LogP contribution in [0.3, 0.4) is 0 Å². The molecule has 0 spiro atoms. The van der Waals surface area contributed by atoms with Crippen LogP contribution in [-0.2, 0) is 4.79 Å². The number of fused-ring (bicyclic) bond motifs is 5. The van der Waals surface area contributed by atoms with E-state index in [1.807, 2.05) is 0 Å². The number of aliphatic hydroxyl groups is 2. The smallest absolute Gasteiger partial charge is 0.120 e. The number of hydrogen-bond donors (Lipinski definition) is 2. The Morgan fingerprint density at radius 2 is 1.81 bits per heavy atom. The van der Waals surface area contributed by atoms with Gasteiger partial charge in [0, 0.05) is 6.42 Å². The second-order valence-corrected chi connectivity index (χ2v) is 11.1. The third-order valence-electron chi connectivity index (χ3n) is 10.2. The first-order chi connectivity index (χ1) is 12.8. The first-order valence-electron chi connectivity index (χ1n) is 11.6. The molecule has 4 saturated carbocycles. The summed E-state index contributed by atoms with van der Waals surface area (Å²) in [4.78, 5) is 10.9. The summed E-state index contributed by atoms with van der Waals surface area (Å²) in [6.45, 7) is 7.17. The standard InChI is InChI=1S/C24H40O3/c1-15(5-4-12-25)19-8-9-20-18-7-6-16-13-17(26)10-11-23(16,2)21(18)14-22(27)24(19,20)3/h12,15-22,26-27H,4-11,13-14H2,1-3H3/t15-,16-,17-,18+,19-,20+,21+,22+,23+,24-/m1/s1. The molecule has 27 heavy (non-hydrogen) atoms. The van der Waals surface area contributed by atoms with Gasteiger partial charge in [-0.25, -0.2) is 0 Å². The highest BCUT2D eigenvalue weighted by atomic mass is 16.3. The van der Waals surface area contributed by atoms with Crippen LogP contribution >= 0.6 is 0 Å². The Hall–Kier alpha value is -0.410. The highest BCUT2D eigenvalue weighted by molar-refractivity contribution is 5.49. The van der Waals surface area contributed by atoms with Crippen molar-refractivity contribution in [3.63, 3.8) is 0 Å². The van der Waals surface area contributed by atoms with E-state index in [9.17, 15) is 15.0 Å². The van der Waals surface area contributed by atoms with E-state index in [0.717, 1.165) is 44.3 Å². The molecule has 0 bridgehead atoms. The van der Waals surface area contributed by atoms with E-state index in [4.69, 9.17) is 0 Å². The lowest BCUT2D eigenvalue weighted by molar-refractivity contribution is -0.174. The summed E-state index contributed by atoms with van der Waals surface area (Å²) in [7, 11) is 0. The number of carbonyl (C=O) groups is 1. The quantitative estimate of drug-likeness (QED) is 0.706. The third-order valence-corrected chi connectivity index (χ3v) is 10.2. The second-order valence-electron chi connectivity index (χ2n) is 11.1. The van der Waals surface area contributed by atoms with Crippen LogP contribution in [-0.4, -0.2) is 28.7 Å². The molecule has 4 aliphatic carbocycles. The Labute approximate surface area is 165 Å². The van der Waals surface area contributed by atoms with Crippen LogP contribution in [0.25, 0.3) is 0 Å². The van der Waals surface area contributed by atoms with Gasteiger partial charge in [-0.15, -0.1) is 0 Å². The molecule has 0 aromatic carbocycles. The van der Waals surface area contributed by atoms with Gasteiger partial charge in [-0.2, -0.15) is 0 Å². The minimum absolute atomic E-state index is 0.0286. The van der Waals surface area contributed by atoms with Crippen molar-refractivity contribution in [2.45, 2.75) is 97.2 Å². The molecule has 0 amide bonds. The average molecular weight is 377 g/mol. The van der Waals surface area contributed by atoms with Gasteiger partial charge in [-0.3, -0.25) is 0 Å². The van der Waals surface area contributed by atoms with E-state index in [2.05, 4.69) is 20.8 Å².